The minimum Gasteiger partial charge on any atom is -0.491 e. The number of hydrogen-bond acceptors (Lipinski definition) is 5. The number of nitrogens with zero attached hydrogens (tertiary/aromatic N) is 4. The van der Waals surface area contributed by atoms with Crippen molar-refractivity contribution in [2.45, 2.75) is 58.3 Å². The van der Waals surface area contributed by atoms with Gasteiger partial charge in [0, 0.05) is 50.0 Å². The molecule has 1 unspecified atom stereocenters. The summed E-state index contributed by atoms with van der Waals surface area (Å²) in [4.78, 5) is 4.75. The minimum atomic E-state index is -0.460. The molecular weight excluding hydrogens is 364 g/mol. The number of rotatable bonds is 10. The summed E-state index contributed by atoms with van der Waals surface area (Å²) in [7, 11) is 1.95. The number of ether oxygens (including phenoxy) is 1. The number of aliphatic hydroxyl groups excluding tert-OH is 1. The lowest BCUT2D eigenvalue weighted by Crippen LogP contribution is -2.38. The Hall–Kier alpha value is -1.89. The standard InChI is InChI=1S/C23H36N4O2/c1-19(2)27(15-20-13-24-25(3)14-20)16-21-9-5-6-10-23(21)29-18-22(28)17-26-11-7-4-8-12-26/h5-6,9-10,13-14,19,22,28H,4,7-8,11-12,15-18H2,1-3H3. The fourth-order valence-corrected chi connectivity index (χ4v) is 3.88. The van der Waals surface area contributed by atoms with Crippen molar-refractivity contribution >= 4 is 0 Å². The zero-order chi connectivity index (χ0) is 20.6. The lowest BCUT2D eigenvalue weighted by molar-refractivity contribution is 0.0609. The van der Waals surface area contributed by atoms with Crippen molar-refractivity contribution in [2.75, 3.05) is 26.2 Å². The molecule has 0 spiro atoms. The number of aliphatic hydroxyl groups is 1. The molecule has 0 aliphatic carbocycles. The number of para-hydroxylation sites is 1. The van der Waals surface area contributed by atoms with Gasteiger partial charge in [-0.25, -0.2) is 0 Å². The first-order valence-corrected chi connectivity index (χ1v) is 10.8. The van der Waals surface area contributed by atoms with E-state index in [1.165, 1.54) is 24.8 Å². The summed E-state index contributed by atoms with van der Waals surface area (Å²) in [6.07, 6.45) is 7.31. The van der Waals surface area contributed by atoms with Gasteiger partial charge in [-0.05, 0) is 45.8 Å². The van der Waals surface area contributed by atoms with Gasteiger partial charge < -0.3 is 14.7 Å². The number of piperidine rings is 1. The third-order valence-electron chi connectivity index (χ3n) is 5.57. The third-order valence-corrected chi connectivity index (χ3v) is 5.57. The van der Waals surface area contributed by atoms with E-state index in [2.05, 4.69) is 47.1 Å². The molecule has 6 heteroatoms. The van der Waals surface area contributed by atoms with E-state index in [-0.39, 0.29) is 0 Å². The van der Waals surface area contributed by atoms with Crippen LogP contribution in [0.4, 0.5) is 0 Å². The number of hydrogen-bond donors (Lipinski definition) is 1. The molecule has 0 radical (unpaired) electrons. The van der Waals surface area contributed by atoms with Crippen molar-refractivity contribution < 1.29 is 9.84 Å². The topological polar surface area (TPSA) is 53.8 Å². The van der Waals surface area contributed by atoms with Crippen LogP contribution in [-0.4, -0.2) is 63.1 Å². The van der Waals surface area contributed by atoms with E-state index in [1.54, 1.807) is 0 Å². The van der Waals surface area contributed by atoms with Gasteiger partial charge in [-0.2, -0.15) is 5.10 Å². The van der Waals surface area contributed by atoms with Crippen LogP contribution in [0.3, 0.4) is 0 Å². The zero-order valence-corrected chi connectivity index (χ0v) is 18.1. The molecule has 6 nitrogen and oxygen atoms in total. The van der Waals surface area contributed by atoms with Crippen molar-refractivity contribution in [2.24, 2.45) is 7.05 Å². The highest BCUT2D eigenvalue weighted by Gasteiger charge is 2.17. The van der Waals surface area contributed by atoms with Crippen molar-refractivity contribution in [3.8, 4) is 5.75 Å². The summed E-state index contributed by atoms with van der Waals surface area (Å²) in [6, 6.07) is 8.57. The van der Waals surface area contributed by atoms with Gasteiger partial charge in [-0.15, -0.1) is 0 Å². The Kier molecular flexibility index (Phi) is 8.09. The Balaban J connectivity index is 1.58. The molecular formula is C23H36N4O2. The molecule has 1 fully saturated rings. The summed E-state index contributed by atoms with van der Waals surface area (Å²) in [5, 5.41) is 14.7. The molecule has 1 saturated heterocycles. The van der Waals surface area contributed by atoms with Crippen molar-refractivity contribution in [1.29, 1.82) is 0 Å². The monoisotopic (exact) mass is 400 g/mol. The minimum absolute atomic E-state index is 0.331. The van der Waals surface area contributed by atoms with E-state index in [4.69, 9.17) is 4.74 Å². The maximum absolute atomic E-state index is 10.4. The summed E-state index contributed by atoms with van der Waals surface area (Å²) >= 11 is 0. The van der Waals surface area contributed by atoms with Gasteiger partial charge in [0.2, 0.25) is 0 Å². The van der Waals surface area contributed by atoms with Gasteiger partial charge in [0.15, 0.2) is 0 Å². The first-order chi connectivity index (χ1) is 14.0. The number of β-amino-alcohol motifs (C(OH)–C–C–N with tert-alkyl or cyclic N) is 1. The molecule has 1 aliphatic rings. The number of aromatic nitrogens is 2. The summed E-state index contributed by atoms with van der Waals surface area (Å²) < 4.78 is 7.90. The van der Waals surface area contributed by atoms with Crippen LogP contribution >= 0.6 is 0 Å². The highest BCUT2D eigenvalue weighted by molar-refractivity contribution is 5.33. The van der Waals surface area contributed by atoms with Crippen LogP contribution in [0.1, 0.15) is 44.2 Å². The Bertz CT molecular complexity index is 740. The zero-order valence-electron chi connectivity index (χ0n) is 18.1. The predicted octanol–water partition coefficient (Wildman–Crippen LogP) is 3.06. The highest BCUT2D eigenvalue weighted by Crippen LogP contribution is 2.22. The number of likely N-dealkylation sites (tertiary alicyclic amines) is 1. The molecule has 2 heterocycles. The maximum atomic E-state index is 10.4. The van der Waals surface area contributed by atoms with Crippen molar-refractivity contribution in [3.63, 3.8) is 0 Å². The molecule has 0 amide bonds. The van der Waals surface area contributed by atoms with Gasteiger partial charge in [-0.3, -0.25) is 9.58 Å². The first kappa shape index (κ1) is 21.8. The Labute approximate surface area is 175 Å². The van der Waals surface area contributed by atoms with Crippen LogP contribution in [0.2, 0.25) is 0 Å². The Morgan fingerprint density at radius 2 is 1.90 bits per heavy atom. The molecule has 0 bridgehead atoms. The molecule has 1 N–H and O–H groups in total. The van der Waals surface area contributed by atoms with Crippen LogP contribution < -0.4 is 4.74 Å². The second-order valence-corrected chi connectivity index (χ2v) is 8.45. The lowest BCUT2D eigenvalue weighted by Gasteiger charge is -2.29. The molecule has 160 valence electrons. The molecule has 29 heavy (non-hydrogen) atoms. The van der Waals surface area contributed by atoms with Crippen LogP contribution in [0.15, 0.2) is 36.7 Å². The average Bonchev–Trinajstić information content (AvgIpc) is 3.12. The van der Waals surface area contributed by atoms with Gasteiger partial charge in [0.25, 0.3) is 0 Å². The summed E-state index contributed by atoms with van der Waals surface area (Å²) in [5.74, 6) is 0.863. The highest BCUT2D eigenvalue weighted by atomic mass is 16.5. The molecule has 2 aromatic rings. The van der Waals surface area contributed by atoms with Crippen molar-refractivity contribution in [3.05, 3.63) is 47.8 Å². The van der Waals surface area contributed by atoms with Crippen LogP contribution in [-0.2, 0) is 20.1 Å². The normalized spacial score (nSPS) is 16.5. The Morgan fingerprint density at radius 1 is 1.14 bits per heavy atom. The predicted molar refractivity (Wildman–Crippen MR) is 116 cm³/mol. The fraction of sp³-hybridized carbons (Fsp3) is 0.609. The maximum Gasteiger partial charge on any atom is 0.123 e. The molecule has 1 aromatic heterocycles. The second kappa shape index (κ2) is 10.8. The van der Waals surface area contributed by atoms with Gasteiger partial charge in [0.1, 0.15) is 18.5 Å². The van der Waals surface area contributed by atoms with E-state index in [1.807, 2.05) is 30.1 Å². The molecule has 1 aromatic carbocycles. The molecule has 1 aliphatic heterocycles. The van der Waals surface area contributed by atoms with Gasteiger partial charge in [-0.1, -0.05) is 24.6 Å². The van der Waals surface area contributed by atoms with Crippen molar-refractivity contribution in [1.82, 2.24) is 19.6 Å². The average molecular weight is 401 g/mol. The van der Waals surface area contributed by atoms with E-state index in [0.717, 1.165) is 37.5 Å². The molecule has 1 atom stereocenters. The Morgan fingerprint density at radius 3 is 2.59 bits per heavy atom. The largest absolute Gasteiger partial charge is 0.491 e. The number of benzene rings is 1. The lowest BCUT2D eigenvalue weighted by atomic mass is 10.1. The van der Waals surface area contributed by atoms with E-state index in [9.17, 15) is 5.11 Å². The summed E-state index contributed by atoms with van der Waals surface area (Å²) in [5.41, 5.74) is 2.35. The quantitative estimate of drug-likeness (QED) is 0.664. The summed E-state index contributed by atoms with van der Waals surface area (Å²) in [6.45, 7) is 9.27. The smallest absolute Gasteiger partial charge is 0.123 e. The van der Waals surface area contributed by atoms with Crippen LogP contribution in [0, 0.1) is 0 Å². The SMILES string of the molecule is CC(C)N(Cc1cnn(C)c1)Cc1ccccc1OCC(O)CN1CCCCC1. The number of aryl methyl sites for hydroxylation is 1. The van der Waals surface area contributed by atoms with Gasteiger partial charge in [0.05, 0.1) is 6.20 Å². The first-order valence-electron chi connectivity index (χ1n) is 10.8. The van der Waals surface area contributed by atoms with E-state index >= 15 is 0 Å². The van der Waals surface area contributed by atoms with E-state index < -0.39 is 6.10 Å². The fourth-order valence-electron chi connectivity index (χ4n) is 3.88. The van der Waals surface area contributed by atoms with Gasteiger partial charge >= 0.3 is 0 Å². The third kappa shape index (κ3) is 6.84. The van der Waals surface area contributed by atoms with E-state index in [0.29, 0.717) is 19.2 Å². The molecule has 3 rings (SSSR count). The second-order valence-electron chi connectivity index (χ2n) is 8.45. The van der Waals surface area contributed by atoms with Crippen LogP contribution in [0.25, 0.3) is 0 Å². The van der Waals surface area contributed by atoms with Crippen LogP contribution in [0.5, 0.6) is 5.75 Å². The molecule has 0 saturated carbocycles.